The maximum Gasteiger partial charge on any atom is 0.234 e. The van der Waals surface area contributed by atoms with E-state index in [-0.39, 0.29) is 17.5 Å². The highest BCUT2D eigenvalue weighted by molar-refractivity contribution is 7.99. The predicted molar refractivity (Wildman–Crippen MR) is 85.4 cm³/mol. The van der Waals surface area contributed by atoms with Crippen molar-refractivity contribution in [2.75, 3.05) is 11.1 Å². The van der Waals surface area contributed by atoms with Gasteiger partial charge in [-0.1, -0.05) is 23.9 Å². The molecule has 2 rings (SSSR count). The van der Waals surface area contributed by atoms with Crippen molar-refractivity contribution >= 4 is 23.4 Å². The molecule has 116 valence electrons. The molecule has 1 N–H and O–H groups in total. The van der Waals surface area contributed by atoms with Gasteiger partial charge in [0.05, 0.1) is 5.75 Å². The molecule has 0 spiro atoms. The molecule has 2 aromatic rings. The highest BCUT2D eigenvalue weighted by atomic mass is 32.2. The second-order valence-corrected chi connectivity index (χ2v) is 5.67. The number of aryl methyl sites for hydroxylation is 2. The van der Waals surface area contributed by atoms with Crippen LogP contribution in [0.2, 0.25) is 0 Å². The van der Waals surface area contributed by atoms with E-state index in [4.69, 9.17) is 0 Å². The molecule has 1 aromatic heterocycles. The van der Waals surface area contributed by atoms with Crippen molar-refractivity contribution in [1.82, 2.24) is 14.8 Å². The lowest BCUT2D eigenvalue weighted by molar-refractivity contribution is -0.113. The second-order valence-electron chi connectivity index (χ2n) is 4.73. The second kappa shape index (κ2) is 7.22. The largest absolute Gasteiger partial charge is 0.325 e. The average Bonchev–Trinajstić information content (AvgIpc) is 2.82. The third-order valence-corrected chi connectivity index (χ3v) is 3.97. The monoisotopic (exact) mass is 320 g/mol. The highest BCUT2D eigenvalue weighted by Gasteiger charge is 2.11. The molecule has 0 saturated carbocycles. The minimum atomic E-state index is -0.341. The van der Waals surface area contributed by atoms with E-state index in [0.29, 0.717) is 23.0 Å². The van der Waals surface area contributed by atoms with Gasteiger partial charge in [0.1, 0.15) is 11.6 Å². The van der Waals surface area contributed by atoms with Gasteiger partial charge in [0.25, 0.3) is 0 Å². The lowest BCUT2D eigenvalue weighted by atomic mass is 10.2. The van der Waals surface area contributed by atoms with Crippen LogP contribution in [0.25, 0.3) is 0 Å². The van der Waals surface area contributed by atoms with Crippen LogP contribution in [-0.2, 0) is 11.3 Å². The molecule has 0 aliphatic rings. The van der Waals surface area contributed by atoms with E-state index in [9.17, 15) is 9.18 Å². The summed E-state index contributed by atoms with van der Waals surface area (Å²) in [6.07, 6.45) is 1.75. The summed E-state index contributed by atoms with van der Waals surface area (Å²) >= 11 is 1.28. The zero-order valence-electron chi connectivity index (χ0n) is 12.5. The average molecular weight is 320 g/mol. The van der Waals surface area contributed by atoms with E-state index in [0.717, 1.165) is 5.82 Å². The zero-order valence-corrected chi connectivity index (χ0v) is 13.3. The summed E-state index contributed by atoms with van der Waals surface area (Å²) in [5.74, 6) is 0.374. The Morgan fingerprint density at radius 3 is 2.91 bits per heavy atom. The minimum absolute atomic E-state index is 0.171. The van der Waals surface area contributed by atoms with Gasteiger partial charge in [-0.2, -0.15) is 0 Å². The summed E-state index contributed by atoms with van der Waals surface area (Å²) in [6.45, 7) is 7.79. The summed E-state index contributed by atoms with van der Waals surface area (Å²) in [6, 6.07) is 4.61. The van der Waals surface area contributed by atoms with Crippen molar-refractivity contribution in [3.63, 3.8) is 0 Å². The third kappa shape index (κ3) is 3.94. The molecule has 0 aliphatic heterocycles. The maximum atomic E-state index is 13.4. The number of nitrogens with one attached hydrogen (secondary N) is 1. The van der Waals surface area contributed by atoms with E-state index in [1.807, 2.05) is 11.5 Å². The van der Waals surface area contributed by atoms with E-state index < -0.39 is 0 Å². The molecule has 7 heteroatoms. The van der Waals surface area contributed by atoms with Crippen molar-refractivity contribution in [1.29, 1.82) is 0 Å². The molecule has 22 heavy (non-hydrogen) atoms. The molecule has 0 aliphatic carbocycles. The SMILES string of the molecule is C=CCn1c(C)nnc1SCC(=O)Nc1ccc(C)c(F)c1. The van der Waals surface area contributed by atoms with Crippen LogP contribution >= 0.6 is 11.8 Å². The van der Waals surface area contributed by atoms with Crippen molar-refractivity contribution in [3.8, 4) is 0 Å². The number of allylic oxidation sites excluding steroid dienone is 1. The Balaban J connectivity index is 1.95. The van der Waals surface area contributed by atoms with Crippen LogP contribution in [0.15, 0.2) is 36.0 Å². The van der Waals surface area contributed by atoms with Gasteiger partial charge in [-0.05, 0) is 31.5 Å². The normalized spacial score (nSPS) is 10.5. The molecule has 0 radical (unpaired) electrons. The number of carbonyl (C=O) groups is 1. The summed E-state index contributed by atoms with van der Waals surface area (Å²) in [5.41, 5.74) is 0.984. The first-order valence-corrected chi connectivity index (χ1v) is 7.69. The first-order valence-electron chi connectivity index (χ1n) is 6.70. The van der Waals surface area contributed by atoms with Gasteiger partial charge in [-0.25, -0.2) is 4.39 Å². The number of hydrogen-bond acceptors (Lipinski definition) is 4. The number of rotatable bonds is 6. The van der Waals surface area contributed by atoms with Gasteiger partial charge in [-0.3, -0.25) is 4.79 Å². The van der Waals surface area contributed by atoms with Crippen LogP contribution in [0.5, 0.6) is 0 Å². The Hall–Kier alpha value is -2.15. The van der Waals surface area contributed by atoms with Gasteiger partial charge in [0.15, 0.2) is 5.16 Å². The Kier molecular flexibility index (Phi) is 5.32. The van der Waals surface area contributed by atoms with Crippen molar-refractivity contribution in [2.24, 2.45) is 0 Å². The van der Waals surface area contributed by atoms with Gasteiger partial charge < -0.3 is 9.88 Å². The number of thioether (sulfide) groups is 1. The first-order chi connectivity index (χ1) is 10.5. The number of aromatic nitrogens is 3. The summed E-state index contributed by atoms with van der Waals surface area (Å²) in [5, 5.41) is 11.3. The molecular weight excluding hydrogens is 303 g/mol. The molecule has 1 amide bonds. The Bertz CT molecular complexity index is 699. The van der Waals surface area contributed by atoms with Crippen LogP contribution in [0.4, 0.5) is 10.1 Å². The van der Waals surface area contributed by atoms with E-state index in [2.05, 4.69) is 22.1 Å². The summed E-state index contributed by atoms with van der Waals surface area (Å²) in [7, 11) is 0. The van der Waals surface area contributed by atoms with Gasteiger partial charge >= 0.3 is 0 Å². The number of nitrogens with zero attached hydrogens (tertiary/aromatic N) is 3. The fraction of sp³-hybridized carbons (Fsp3) is 0.267. The topological polar surface area (TPSA) is 59.8 Å². The molecule has 0 fully saturated rings. The van der Waals surface area contributed by atoms with E-state index in [1.165, 1.54) is 17.8 Å². The van der Waals surface area contributed by atoms with Crippen molar-refractivity contribution in [2.45, 2.75) is 25.5 Å². The van der Waals surface area contributed by atoms with Crippen LogP contribution in [0.3, 0.4) is 0 Å². The van der Waals surface area contributed by atoms with Crippen LogP contribution in [0.1, 0.15) is 11.4 Å². The van der Waals surface area contributed by atoms with Gasteiger partial charge in [-0.15, -0.1) is 16.8 Å². The first kappa shape index (κ1) is 16.2. The quantitative estimate of drug-likeness (QED) is 0.657. The number of carbonyl (C=O) groups excluding carboxylic acids is 1. The summed E-state index contributed by atoms with van der Waals surface area (Å²) in [4.78, 5) is 11.9. The van der Waals surface area contributed by atoms with Gasteiger partial charge in [0, 0.05) is 12.2 Å². The number of benzene rings is 1. The zero-order chi connectivity index (χ0) is 16.1. The Morgan fingerprint density at radius 1 is 1.45 bits per heavy atom. The van der Waals surface area contributed by atoms with Gasteiger partial charge in [0.2, 0.25) is 5.91 Å². The predicted octanol–water partition coefficient (Wildman–Crippen LogP) is 2.95. The van der Waals surface area contributed by atoms with Crippen LogP contribution in [-0.4, -0.2) is 26.4 Å². The minimum Gasteiger partial charge on any atom is -0.325 e. The summed E-state index contributed by atoms with van der Waals surface area (Å²) < 4.78 is 15.3. The van der Waals surface area contributed by atoms with Crippen molar-refractivity contribution < 1.29 is 9.18 Å². The smallest absolute Gasteiger partial charge is 0.234 e. The molecule has 5 nitrogen and oxygen atoms in total. The molecular formula is C15H17FN4OS. The standard InChI is InChI=1S/C15H17FN4OS/c1-4-7-20-11(3)18-19-15(20)22-9-14(21)17-12-6-5-10(2)13(16)8-12/h4-6,8H,1,7,9H2,2-3H3,(H,17,21). The lowest BCUT2D eigenvalue weighted by Crippen LogP contribution is -2.15. The highest BCUT2D eigenvalue weighted by Crippen LogP contribution is 2.18. The number of amides is 1. The molecule has 0 atom stereocenters. The van der Waals surface area contributed by atoms with Crippen LogP contribution < -0.4 is 5.32 Å². The lowest BCUT2D eigenvalue weighted by Gasteiger charge is -2.07. The van der Waals surface area contributed by atoms with E-state index in [1.54, 1.807) is 25.1 Å². The molecule has 1 aromatic carbocycles. The van der Waals surface area contributed by atoms with Crippen LogP contribution in [0, 0.1) is 19.7 Å². The number of anilines is 1. The van der Waals surface area contributed by atoms with Crippen molar-refractivity contribution in [3.05, 3.63) is 48.1 Å². The fourth-order valence-electron chi connectivity index (χ4n) is 1.81. The van der Waals surface area contributed by atoms with E-state index >= 15 is 0 Å². The maximum absolute atomic E-state index is 13.4. The number of hydrogen-bond donors (Lipinski definition) is 1. The Morgan fingerprint density at radius 2 is 2.23 bits per heavy atom. The molecule has 0 saturated heterocycles. The Labute approximate surface area is 132 Å². The fourth-order valence-corrected chi connectivity index (χ4v) is 2.60. The number of halogens is 1. The third-order valence-electron chi connectivity index (χ3n) is 3.00. The molecule has 0 unspecified atom stereocenters. The molecule has 1 heterocycles. The molecule has 0 bridgehead atoms.